The number of nitrogens with one attached hydrogen (secondary N) is 1. The molecule has 1 saturated heterocycles. The number of halogens is 2. The van der Waals surface area contributed by atoms with E-state index in [1.165, 1.54) is 0 Å². The Labute approximate surface area is 80.5 Å². The van der Waals surface area contributed by atoms with Gasteiger partial charge in [-0.2, -0.15) is 0 Å². The summed E-state index contributed by atoms with van der Waals surface area (Å²) < 4.78 is 13.4. The lowest BCUT2D eigenvalue weighted by molar-refractivity contribution is 0.0821. The summed E-state index contributed by atoms with van der Waals surface area (Å²) in [7, 11) is 0. The van der Waals surface area contributed by atoms with E-state index in [2.05, 4.69) is 19.2 Å². The zero-order chi connectivity index (χ0) is 8.48. The van der Waals surface area contributed by atoms with Gasteiger partial charge in [-0.1, -0.05) is 13.8 Å². The first kappa shape index (κ1) is 12.2. The standard InChI is InChI=1S/C9H18FN.ClH/c1-7(2)9(3)8(10)5-4-6-11-9;/h7-8,11H,4-6H2,1-3H3;1H. The molecule has 1 aliphatic heterocycles. The van der Waals surface area contributed by atoms with Gasteiger partial charge in [0.05, 0.1) is 0 Å². The van der Waals surface area contributed by atoms with Crippen LogP contribution in [0.25, 0.3) is 0 Å². The third kappa shape index (κ3) is 2.11. The number of rotatable bonds is 1. The molecule has 0 radical (unpaired) electrons. The Morgan fingerprint density at radius 2 is 2.08 bits per heavy atom. The van der Waals surface area contributed by atoms with Crippen LogP contribution in [0.3, 0.4) is 0 Å². The smallest absolute Gasteiger partial charge is 0.118 e. The van der Waals surface area contributed by atoms with E-state index in [-0.39, 0.29) is 17.9 Å². The van der Waals surface area contributed by atoms with E-state index in [1.54, 1.807) is 0 Å². The van der Waals surface area contributed by atoms with Gasteiger partial charge in [-0.3, -0.25) is 0 Å². The van der Waals surface area contributed by atoms with E-state index >= 15 is 0 Å². The van der Waals surface area contributed by atoms with Gasteiger partial charge >= 0.3 is 0 Å². The van der Waals surface area contributed by atoms with Crippen LogP contribution in [0.5, 0.6) is 0 Å². The molecule has 3 heteroatoms. The number of alkyl halides is 1. The molecule has 1 fully saturated rings. The van der Waals surface area contributed by atoms with Crippen LogP contribution >= 0.6 is 12.4 Å². The summed E-state index contributed by atoms with van der Waals surface area (Å²) in [5, 5.41) is 3.27. The van der Waals surface area contributed by atoms with Gasteiger partial charge in [-0.05, 0) is 32.2 Å². The summed E-state index contributed by atoms with van der Waals surface area (Å²) in [6, 6.07) is 0. The van der Waals surface area contributed by atoms with Crippen molar-refractivity contribution < 1.29 is 4.39 Å². The normalized spacial score (nSPS) is 36.2. The van der Waals surface area contributed by atoms with Gasteiger partial charge in [0.25, 0.3) is 0 Å². The molecule has 0 aliphatic carbocycles. The second-order valence-corrected chi connectivity index (χ2v) is 3.97. The molecule has 0 aromatic heterocycles. The summed E-state index contributed by atoms with van der Waals surface area (Å²) in [5.41, 5.74) is -0.280. The topological polar surface area (TPSA) is 12.0 Å². The molecule has 1 N–H and O–H groups in total. The van der Waals surface area contributed by atoms with E-state index in [0.717, 1.165) is 19.4 Å². The molecule has 1 rings (SSSR count). The van der Waals surface area contributed by atoms with Crippen LogP contribution < -0.4 is 5.32 Å². The van der Waals surface area contributed by atoms with Gasteiger partial charge in [-0.15, -0.1) is 12.4 Å². The second-order valence-electron chi connectivity index (χ2n) is 3.97. The lowest BCUT2D eigenvalue weighted by Gasteiger charge is -2.41. The minimum atomic E-state index is -0.670. The van der Waals surface area contributed by atoms with Crippen LogP contribution in [-0.2, 0) is 0 Å². The molecule has 0 aromatic rings. The maximum atomic E-state index is 13.4. The fraction of sp³-hybridized carbons (Fsp3) is 1.00. The maximum absolute atomic E-state index is 13.4. The zero-order valence-corrected chi connectivity index (χ0v) is 8.88. The van der Waals surface area contributed by atoms with Gasteiger partial charge in [0.15, 0.2) is 0 Å². The van der Waals surface area contributed by atoms with Crippen molar-refractivity contribution in [1.82, 2.24) is 5.32 Å². The van der Waals surface area contributed by atoms with Crippen LogP contribution in [0.2, 0.25) is 0 Å². The highest BCUT2D eigenvalue weighted by atomic mass is 35.5. The van der Waals surface area contributed by atoms with Gasteiger partial charge in [-0.25, -0.2) is 4.39 Å². The highest BCUT2D eigenvalue weighted by molar-refractivity contribution is 5.85. The molecule has 1 aliphatic rings. The van der Waals surface area contributed by atoms with Crippen LogP contribution in [0, 0.1) is 5.92 Å². The minimum Gasteiger partial charge on any atom is -0.309 e. The quantitative estimate of drug-likeness (QED) is 0.678. The Morgan fingerprint density at radius 3 is 2.42 bits per heavy atom. The van der Waals surface area contributed by atoms with Crippen molar-refractivity contribution >= 4 is 12.4 Å². The van der Waals surface area contributed by atoms with Crippen LogP contribution in [-0.4, -0.2) is 18.3 Å². The lowest BCUT2D eigenvalue weighted by Crippen LogP contribution is -2.57. The zero-order valence-electron chi connectivity index (χ0n) is 8.06. The van der Waals surface area contributed by atoms with Gasteiger partial charge in [0.2, 0.25) is 0 Å². The van der Waals surface area contributed by atoms with E-state index in [9.17, 15) is 4.39 Å². The Hall–Kier alpha value is 0.180. The van der Waals surface area contributed by atoms with E-state index in [1.807, 2.05) is 6.92 Å². The first-order chi connectivity index (χ1) is 5.07. The third-order valence-corrected chi connectivity index (χ3v) is 2.99. The van der Waals surface area contributed by atoms with Crippen molar-refractivity contribution in [1.29, 1.82) is 0 Å². The molecule has 0 aromatic carbocycles. The third-order valence-electron chi connectivity index (χ3n) is 2.99. The van der Waals surface area contributed by atoms with Crippen LogP contribution in [0.15, 0.2) is 0 Å². The summed E-state index contributed by atoms with van der Waals surface area (Å²) in [6.45, 7) is 7.10. The molecule has 1 heterocycles. The Morgan fingerprint density at radius 1 is 1.50 bits per heavy atom. The molecular weight excluding hydrogens is 177 g/mol. The van der Waals surface area contributed by atoms with Crippen molar-refractivity contribution in [2.75, 3.05) is 6.54 Å². The predicted octanol–water partition coefficient (Wildman–Crippen LogP) is 2.54. The highest BCUT2D eigenvalue weighted by Crippen LogP contribution is 2.29. The van der Waals surface area contributed by atoms with Crippen molar-refractivity contribution in [3.8, 4) is 0 Å². The number of hydrogen-bond acceptors (Lipinski definition) is 1. The van der Waals surface area contributed by atoms with Crippen LogP contribution in [0.4, 0.5) is 4.39 Å². The largest absolute Gasteiger partial charge is 0.309 e. The Bertz CT molecular complexity index is 140. The molecule has 0 saturated carbocycles. The first-order valence-electron chi connectivity index (χ1n) is 4.46. The minimum absolute atomic E-state index is 0. The van der Waals surface area contributed by atoms with Gasteiger partial charge in [0.1, 0.15) is 6.17 Å². The van der Waals surface area contributed by atoms with Crippen molar-refractivity contribution in [3.05, 3.63) is 0 Å². The van der Waals surface area contributed by atoms with Crippen molar-refractivity contribution in [3.63, 3.8) is 0 Å². The van der Waals surface area contributed by atoms with Gasteiger partial charge in [0, 0.05) is 5.54 Å². The van der Waals surface area contributed by atoms with Crippen molar-refractivity contribution in [2.45, 2.75) is 45.3 Å². The monoisotopic (exact) mass is 195 g/mol. The summed E-state index contributed by atoms with van der Waals surface area (Å²) in [5.74, 6) is 0.373. The molecule has 2 atom stereocenters. The first-order valence-corrected chi connectivity index (χ1v) is 4.46. The molecule has 0 bridgehead atoms. The average molecular weight is 196 g/mol. The fourth-order valence-electron chi connectivity index (χ4n) is 1.62. The molecule has 0 amide bonds. The molecule has 74 valence electrons. The van der Waals surface area contributed by atoms with Crippen molar-refractivity contribution in [2.24, 2.45) is 5.92 Å². The Balaban J connectivity index is 0.00000121. The van der Waals surface area contributed by atoms with Crippen LogP contribution in [0.1, 0.15) is 33.6 Å². The summed E-state index contributed by atoms with van der Waals surface area (Å²) >= 11 is 0. The molecule has 1 nitrogen and oxygen atoms in total. The fourth-order valence-corrected chi connectivity index (χ4v) is 1.62. The highest BCUT2D eigenvalue weighted by Gasteiger charge is 2.38. The van der Waals surface area contributed by atoms with E-state index < -0.39 is 6.17 Å². The number of piperidine rings is 1. The summed E-state index contributed by atoms with van der Waals surface area (Å²) in [6.07, 6.45) is 1.03. The maximum Gasteiger partial charge on any atom is 0.118 e. The SMILES string of the molecule is CC(C)C1(C)NCCCC1F.Cl. The molecule has 12 heavy (non-hydrogen) atoms. The summed E-state index contributed by atoms with van der Waals surface area (Å²) in [4.78, 5) is 0. The average Bonchev–Trinajstić information content (AvgIpc) is 1.95. The lowest BCUT2D eigenvalue weighted by atomic mass is 9.80. The molecule has 2 unspecified atom stereocenters. The van der Waals surface area contributed by atoms with E-state index in [0.29, 0.717) is 5.92 Å². The Kier molecular flexibility index (Phi) is 4.49. The second kappa shape index (κ2) is 4.43. The van der Waals surface area contributed by atoms with Gasteiger partial charge < -0.3 is 5.32 Å². The molecule has 0 spiro atoms. The van der Waals surface area contributed by atoms with E-state index in [4.69, 9.17) is 0 Å². The number of hydrogen-bond donors (Lipinski definition) is 1. The molecular formula is C9H19ClFN. The predicted molar refractivity (Wildman–Crippen MR) is 52.6 cm³/mol.